The zero-order valence-corrected chi connectivity index (χ0v) is 14.7. The van der Waals surface area contributed by atoms with E-state index < -0.39 is 0 Å². The lowest BCUT2D eigenvalue weighted by Crippen LogP contribution is -2.22. The fourth-order valence-corrected chi connectivity index (χ4v) is 3.35. The Hall–Kier alpha value is -2.10. The van der Waals surface area contributed by atoms with Gasteiger partial charge in [0.05, 0.1) is 6.21 Å². The highest BCUT2D eigenvalue weighted by Crippen LogP contribution is 2.26. The molecule has 1 fully saturated rings. The minimum atomic E-state index is -0.0263. The molecule has 1 aromatic rings. The lowest BCUT2D eigenvalue weighted by atomic mass is 9.87. The van der Waals surface area contributed by atoms with E-state index in [1.807, 2.05) is 18.2 Å². The molecule has 1 aliphatic rings. The van der Waals surface area contributed by atoms with Crippen LogP contribution < -0.4 is 5.43 Å². The first-order valence-corrected chi connectivity index (χ1v) is 8.95. The highest BCUT2D eigenvalue weighted by atomic mass is 16.3. The molecule has 1 saturated carbocycles. The molecule has 0 heterocycles. The third-order valence-corrected chi connectivity index (χ3v) is 4.69. The summed E-state index contributed by atoms with van der Waals surface area (Å²) in [5, 5.41) is 14.3. The van der Waals surface area contributed by atoms with Crippen LogP contribution in [0.5, 0.6) is 0 Å². The minimum Gasteiger partial charge on any atom is -0.508 e. The minimum absolute atomic E-state index is 0.0263. The van der Waals surface area contributed by atoms with Crippen molar-refractivity contribution in [3.63, 3.8) is 0 Å². The highest BCUT2D eigenvalue weighted by Gasteiger charge is 2.16. The van der Waals surface area contributed by atoms with E-state index in [1.165, 1.54) is 19.3 Å². The van der Waals surface area contributed by atoms with Crippen LogP contribution in [0.15, 0.2) is 29.4 Å². The van der Waals surface area contributed by atoms with E-state index in [4.69, 9.17) is 0 Å². The SMILES string of the molecule is C/C=C(/O)c1c(/C=N\NC(=O)CC2CCCCC2)cccc1CC. The first kappa shape index (κ1) is 18.2. The van der Waals surface area contributed by atoms with Crippen LogP contribution in [0.3, 0.4) is 0 Å². The zero-order chi connectivity index (χ0) is 17.4. The molecular formula is C20H28N2O2. The Balaban J connectivity index is 2.02. The molecule has 2 N–H and O–H groups in total. The van der Waals surface area contributed by atoms with Gasteiger partial charge in [0.1, 0.15) is 5.76 Å². The number of benzene rings is 1. The van der Waals surface area contributed by atoms with E-state index in [0.29, 0.717) is 12.3 Å². The van der Waals surface area contributed by atoms with E-state index in [2.05, 4.69) is 17.5 Å². The van der Waals surface area contributed by atoms with Gasteiger partial charge >= 0.3 is 0 Å². The van der Waals surface area contributed by atoms with Gasteiger partial charge in [-0.3, -0.25) is 4.79 Å². The van der Waals surface area contributed by atoms with Crippen molar-refractivity contribution in [2.75, 3.05) is 0 Å². The summed E-state index contributed by atoms with van der Waals surface area (Å²) in [6, 6.07) is 5.83. The van der Waals surface area contributed by atoms with E-state index in [1.54, 1.807) is 19.2 Å². The molecule has 4 heteroatoms. The van der Waals surface area contributed by atoms with E-state index in [0.717, 1.165) is 36.0 Å². The average molecular weight is 328 g/mol. The number of hydrazone groups is 1. The Bertz CT molecular complexity index is 614. The van der Waals surface area contributed by atoms with Gasteiger partial charge in [0.2, 0.25) is 5.91 Å². The van der Waals surface area contributed by atoms with Gasteiger partial charge in [-0.15, -0.1) is 0 Å². The van der Waals surface area contributed by atoms with Crippen LogP contribution in [-0.4, -0.2) is 17.2 Å². The predicted octanol–water partition coefficient (Wildman–Crippen LogP) is 4.59. The molecule has 2 rings (SSSR count). The number of carbonyl (C=O) groups is 1. The maximum atomic E-state index is 12.0. The van der Waals surface area contributed by atoms with Crippen molar-refractivity contribution in [1.82, 2.24) is 5.43 Å². The standard InChI is InChI=1S/C20H28N2O2/c1-3-16-11-8-12-17(20(16)18(23)4-2)14-21-22-19(24)13-15-9-6-5-7-10-15/h4,8,11-12,14-15,23H,3,5-7,9-10,13H2,1-2H3,(H,22,24)/b18-4+,21-14-. The summed E-state index contributed by atoms with van der Waals surface area (Å²) >= 11 is 0. The van der Waals surface area contributed by atoms with Crippen LogP contribution in [0.4, 0.5) is 0 Å². The van der Waals surface area contributed by atoms with Gasteiger partial charge in [-0.1, -0.05) is 44.4 Å². The highest BCUT2D eigenvalue weighted by molar-refractivity contribution is 5.89. The molecule has 0 aliphatic heterocycles. The summed E-state index contributed by atoms with van der Waals surface area (Å²) in [5.41, 5.74) is 5.28. The number of aliphatic hydroxyl groups is 1. The van der Waals surface area contributed by atoms with Crippen LogP contribution in [0, 0.1) is 5.92 Å². The number of aryl methyl sites for hydroxylation is 1. The number of rotatable bonds is 6. The zero-order valence-electron chi connectivity index (χ0n) is 14.7. The molecule has 1 aliphatic carbocycles. The van der Waals surface area contributed by atoms with Crippen molar-refractivity contribution >= 4 is 17.9 Å². The maximum Gasteiger partial charge on any atom is 0.240 e. The van der Waals surface area contributed by atoms with Crippen LogP contribution in [-0.2, 0) is 11.2 Å². The molecule has 130 valence electrons. The quantitative estimate of drug-likeness (QED) is 0.456. The van der Waals surface area contributed by atoms with Crippen molar-refractivity contribution in [2.24, 2.45) is 11.0 Å². The van der Waals surface area contributed by atoms with Crippen molar-refractivity contribution < 1.29 is 9.90 Å². The Morgan fingerprint density at radius 2 is 2.08 bits per heavy atom. The van der Waals surface area contributed by atoms with Crippen LogP contribution in [0.2, 0.25) is 0 Å². The van der Waals surface area contributed by atoms with Gasteiger partial charge in [0.25, 0.3) is 0 Å². The van der Waals surface area contributed by atoms with E-state index >= 15 is 0 Å². The molecule has 0 saturated heterocycles. The summed E-state index contributed by atoms with van der Waals surface area (Å²) in [5.74, 6) is 0.712. The molecule has 4 nitrogen and oxygen atoms in total. The van der Waals surface area contributed by atoms with Gasteiger partial charge < -0.3 is 5.11 Å². The molecule has 0 bridgehead atoms. The average Bonchev–Trinajstić information content (AvgIpc) is 2.61. The third kappa shape index (κ3) is 4.95. The molecule has 0 radical (unpaired) electrons. The Morgan fingerprint density at radius 1 is 1.33 bits per heavy atom. The van der Waals surface area contributed by atoms with Gasteiger partial charge in [0, 0.05) is 17.5 Å². The smallest absolute Gasteiger partial charge is 0.240 e. The maximum absolute atomic E-state index is 12.0. The molecule has 24 heavy (non-hydrogen) atoms. The number of hydrogen-bond acceptors (Lipinski definition) is 3. The van der Waals surface area contributed by atoms with Gasteiger partial charge in [-0.05, 0) is 43.7 Å². The van der Waals surface area contributed by atoms with Crippen molar-refractivity contribution in [2.45, 2.75) is 58.8 Å². The number of amides is 1. The summed E-state index contributed by atoms with van der Waals surface area (Å²) in [6.07, 6.45) is 10.7. The molecule has 1 aromatic carbocycles. The summed E-state index contributed by atoms with van der Waals surface area (Å²) < 4.78 is 0. The topological polar surface area (TPSA) is 61.7 Å². The summed E-state index contributed by atoms with van der Waals surface area (Å²) in [4.78, 5) is 12.0. The van der Waals surface area contributed by atoms with Crippen LogP contribution in [0.25, 0.3) is 5.76 Å². The van der Waals surface area contributed by atoms with Crippen LogP contribution in [0.1, 0.15) is 69.1 Å². The summed E-state index contributed by atoms with van der Waals surface area (Å²) in [6.45, 7) is 3.85. The number of allylic oxidation sites excluding steroid dienone is 1. The summed E-state index contributed by atoms with van der Waals surface area (Å²) in [7, 11) is 0. The van der Waals surface area contributed by atoms with Crippen molar-refractivity contribution in [3.8, 4) is 0 Å². The van der Waals surface area contributed by atoms with Gasteiger partial charge in [-0.25, -0.2) is 5.43 Å². The number of nitrogens with zero attached hydrogens (tertiary/aromatic N) is 1. The first-order chi connectivity index (χ1) is 11.7. The van der Waals surface area contributed by atoms with Crippen LogP contribution >= 0.6 is 0 Å². The lowest BCUT2D eigenvalue weighted by molar-refractivity contribution is -0.122. The Labute approximate surface area is 144 Å². The lowest BCUT2D eigenvalue weighted by Gasteiger charge is -2.20. The molecule has 0 unspecified atom stereocenters. The molecule has 0 spiro atoms. The monoisotopic (exact) mass is 328 g/mol. The molecular weight excluding hydrogens is 300 g/mol. The second-order valence-corrected chi connectivity index (χ2v) is 6.41. The first-order valence-electron chi connectivity index (χ1n) is 8.95. The molecule has 0 aromatic heterocycles. The van der Waals surface area contributed by atoms with E-state index in [-0.39, 0.29) is 11.7 Å². The Morgan fingerprint density at radius 3 is 2.75 bits per heavy atom. The predicted molar refractivity (Wildman–Crippen MR) is 99.0 cm³/mol. The number of aliphatic hydroxyl groups excluding tert-OH is 1. The van der Waals surface area contributed by atoms with Crippen molar-refractivity contribution in [3.05, 3.63) is 41.0 Å². The number of hydrogen-bond donors (Lipinski definition) is 2. The fraction of sp³-hybridized carbons (Fsp3) is 0.500. The number of nitrogens with one attached hydrogen (secondary N) is 1. The largest absolute Gasteiger partial charge is 0.508 e. The molecule has 1 amide bonds. The van der Waals surface area contributed by atoms with E-state index in [9.17, 15) is 9.90 Å². The fourth-order valence-electron chi connectivity index (χ4n) is 3.35. The van der Waals surface area contributed by atoms with Gasteiger partial charge in [-0.2, -0.15) is 5.10 Å². The second-order valence-electron chi connectivity index (χ2n) is 6.41. The normalized spacial score (nSPS) is 16.5. The number of carbonyl (C=O) groups excluding carboxylic acids is 1. The Kier molecular flexibility index (Phi) is 7.04. The third-order valence-electron chi connectivity index (χ3n) is 4.69. The van der Waals surface area contributed by atoms with Crippen molar-refractivity contribution in [1.29, 1.82) is 0 Å². The van der Waals surface area contributed by atoms with Gasteiger partial charge in [0.15, 0.2) is 0 Å². The second kappa shape index (κ2) is 9.26. The molecule has 0 atom stereocenters.